The van der Waals surface area contributed by atoms with Gasteiger partial charge in [0.2, 0.25) is 5.71 Å². The number of rotatable bonds is 3. The number of hydrogen-bond acceptors (Lipinski definition) is 3. The minimum atomic E-state index is -0.0314. The molecule has 2 aliphatic carbocycles. The molecule has 5 heteroatoms. The predicted octanol–water partition coefficient (Wildman–Crippen LogP) is 4.40. The highest BCUT2D eigenvalue weighted by Crippen LogP contribution is 2.33. The van der Waals surface area contributed by atoms with Gasteiger partial charge in [0, 0.05) is 17.7 Å². The molecule has 1 unspecified atom stereocenters. The van der Waals surface area contributed by atoms with Gasteiger partial charge in [0.15, 0.2) is 0 Å². The van der Waals surface area contributed by atoms with Crippen molar-refractivity contribution in [2.45, 2.75) is 56.7 Å². The topological polar surface area (TPSA) is 49.2 Å². The average Bonchev–Trinajstić information content (AvgIpc) is 3.00. The minimum absolute atomic E-state index is 0.0252. The van der Waals surface area contributed by atoms with Crippen molar-refractivity contribution in [3.63, 3.8) is 0 Å². The lowest BCUT2D eigenvalue weighted by molar-refractivity contribution is -0.413. The lowest BCUT2D eigenvalue weighted by Gasteiger charge is -2.22. The van der Waals surface area contributed by atoms with Crippen molar-refractivity contribution < 1.29 is 14.2 Å². The van der Waals surface area contributed by atoms with E-state index in [1.165, 1.54) is 31.2 Å². The van der Waals surface area contributed by atoms with Crippen LogP contribution in [0.3, 0.4) is 0 Å². The second-order valence-corrected chi connectivity index (χ2v) is 9.55. The van der Waals surface area contributed by atoms with Crippen molar-refractivity contribution in [3.8, 4) is 0 Å². The van der Waals surface area contributed by atoms with Gasteiger partial charge < -0.3 is 5.32 Å². The number of carbonyl (C=O) groups is 2. The standard InChI is InChI=1S/C25H28N2O2S/c1-17-8-7-9-18(14-17)15-23-25(29)27(2)21-16-19(12-13-22(21)30-23)24(28)26-20-10-5-3-4-6-11-20/h7-9,12-16,20,22H,3-6,10-11H2,1-2H3/p+1/b23-15-. The van der Waals surface area contributed by atoms with E-state index in [1.807, 2.05) is 49.4 Å². The minimum Gasteiger partial charge on any atom is -0.349 e. The van der Waals surface area contributed by atoms with Crippen molar-refractivity contribution in [1.29, 1.82) is 0 Å². The van der Waals surface area contributed by atoms with Crippen molar-refractivity contribution in [1.82, 2.24) is 5.32 Å². The molecule has 0 saturated heterocycles. The van der Waals surface area contributed by atoms with Gasteiger partial charge >= 0.3 is 5.91 Å². The molecule has 30 heavy (non-hydrogen) atoms. The van der Waals surface area contributed by atoms with Crippen LogP contribution in [0.15, 0.2) is 53.0 Å². The Morgan fingerprint density at radius 1 is 1.20 bits per heavy atom. The fourth-order valence-electron chi connectivity index (χ4n) is 4.28. The Labute approximate surface area is 182 Å². The number of likely N-dealkylation sites (N-methyl/N-ethyl adjacent to an activating group) is 1. The summed E-state index contributed by atoms with van der Waals surface area (Å²) in [6, 6.07) is 8.41. The first-order valence-electron chi connectivity index (χ1n) is 10.8. The van der Waals surface area contributed by atoms with Crippen LogP contribution in [0.1, 0.15) is 49.7 Å². The SMILES string of the molecule is Cc1cccc(/C=C2\SC3C=CC(C(=O)NC4CCCCCC4)=CC3=[N+](C)C2=O)c1. The van der Waals surface area contributed by atoms with E-state index in [2.05, 4.69) is 11.4 Å². The van der Waals surface area contributed by atoms with Crippen LogP contribution < -0.4 is 5.32 Å². The van der Waals surface area contributed by atoms with Gasteiger partial charge in [-0.1, -0.05) is 79.4 Å². The van der Waals surface area contributed by atoms with Gasteiger partial charge in [0.05, 0.1) is 0 Å². The molecular formula is C25H29N2O2S+. The highest BCUT2D eigenvalue weighted by molar-refractivity contribution is 8.05. The first kappa shape index (κ1) is 20.9. The Kier molecular flexibility index (Phi) is 6.38. The molecule has 1 atom stereocenters. The second-order valence-electron chi connectivity index (χ2n) is 8.37. The number of carbonyl (C=O) groups excluding carboxylic acids is 2. The maximum atomic E-state index is 13.0. The molecule has 1 saturated carbocycles. The van der Waals surface area contributed by atoms with E-state index in [-0.39, 0.29) is 23.1 Å². The van der Waals surface area contributed by atoms with Crippen molar-refractivity contribution >= 4 is 35.4 Å². The summed E-state index contributed by atoms with van der Waals surface area (Å²) in [5.41, 5.74) is 3.71. The van der Waals surface area contributed by atoms with Gasteiger partial charge in [-0.3, -0.25) is 4.79 Å². The second kappa shape index (κ2) is 9.17. The Morgan fingerprint density at radius 2 is 1.97 bits per heavy atom. The largest absolute Gasteiger partial charge is 0.425 e. The third kappa shape index (κ3) is 4.67. The Balaban J connectivity index is 1.53. The molecule has 1 N–H and O–H groups in total. The molecule has 1 heterocycles. The Bertz CT molecular complexity index is 979. The molecule has 0 spiro atoms. The summed E-state index contributed by atoms with van der Waals surface area (Å²) >= 11 is 1.55. The van der Waals surface area contributed by atoms with Gasteiger partial charge in [-0.05, 0) is 31.4 Å². The quantitative estimate of drug-likeness (QED) is 0.447. The first-order chi connectivity index (χ1) is 14.5. The molecule has 4 rings (SSSR count). The lowest BCUT2D eigenvalue weighted by atomic mass is 10.0. The van der Waals surface area contributed by atoms with Gasteiger partial charge in [0.25, 0.3) is 5.91 Å². The van der Waals surface area contributed by atoms with Crippen molar-refractivity contribution in [2.75, 3.05) is 7.05 Å². The van der Waals surface area contributed by atoms with E-state index in [0.717, 1.165) is 29.0 Å². The number of nitrogens with one attached hydrogen (secondary N) is 1. The normalized spacial score (nSPS) is 23.8. The van der Waals surface area contributed by atoms with Gasteiger partial charge in [-0.25, -0.2) is 4.79 Å². The van der Waals surface area contributed by atoms with Crippen LogP contribution in [-0.4, -0.2) is 40.4 Å². The summed E-state index contributed by atoms with van der Waals surface area (Å²) in [7, 11) is 1.80. The molecule has 3 aliphatic rings. The molecule has 156 valence electrons. The summed E-state index contributed by atoms with van der Waals surface area (Å²) in [6.45, 7) is 2.05. The van der Waals surface area contributed by atoms with Crippen LogP contribution in [0.25, 0.3) is 6.08 Å². The zero-order chi connectivity index (χ0) is 21.1. The van der Waals surface area contributed by atoms with E-state index in [1.54, 1.807) is 23.4 Å². The highest BCUT2D eigenvalue weighted by Gasteiger charge is 2.38. The zero-order valence-electron chi connectivity index (χ0n) is 17.7. The molecular weight excluding hydrogens is 392 g/mol. The third-order valence-electron chi connectivity index (χ3n) is 5.99. The first-order valence-corrected chi connectivity index (χ1v) is 11.7. The lowest BCUT2D eigenvalue weighted by Crippen LogP contribution is -2.39. The maximum absolute atomic E-state index is 13.0. The Hall–Kier alpha value is -2.40. The van der Waals surface area contributed by atoms with Gasteiger partial charge in [0.1, 0.15) is 17.2 Å². The molecule has 0 radical (unpaired) electrons. The van der Waals surface area contributed by atoms with Crippen LogP contribution in [0.4, 0.5) is 0 Å². The van der Waals surface area contributed by atoms with E-state index >= 15 is 0 Å². The third-order valence-corrected chi connectivity index (χ3v) is 7.19. The average molecular weight is 422 g/mol. The predicted molar refractivity (Wildman–Crippen MR) is 124 cm³/mol. The van der Waals surface area contributed by atoms with Crippen molar-refractivity contribution in [2.24, 2.45) is 0 Å². The van der Waals surface area contributed by atoms with Crippen LogP contribution in [0, 0.1) is 6.92 Å². The summed E-state index contributed by atoms with van der Waals surface area (Å²) in [4.78, 5) is 26.5. The fraction of sp³-hybridized carbons (Fsp3) is 0.400. The van der Waals surface area contributed by atoms with Gasteiger partial charge in [-0.15, -0.1) is 0 Å². The summed E-state index contributed by atoms with van der Waals surface area (Å²) in [6.07, 6.45) is 14.8. The summed E-state index contributed by atoms with van der Waals surface area (Å²) < 4.78 is 1.69. The zero-order valence-corrected chi connectivity index (χ0v) is 18.5. The number of amides is 2. The van der Waals surface area contributed by atoms with Crippen LogP contribution >= 0.6 is 11.8 Å². The molecule has 1 aromatic carbocycles. The van der Waals surface area contributed by atoms with Gasteiger partial charge in [-0.2, -0.15) is 4.58 Å². The molecule has 1 aromatic rings. The monoisotopic (exact) mass is 421 g/mol. The molecule has 0 aromatic heterocycles. The molecule has 1 fully saturated rings. The fourth-order valence-corrected chi connectivity index (χ4v) is 5.50. The number of nitrogens with zero attached hydrogens (tertiary/aromatic N) is 1. The van der Waals surface area contributed by atoms with E-state index in [0.29, 0.717) is 5.57 Å². The van der Waals surface area contributed by atoms with Crippen LogP contribution in [-0.2, 0) is 9.59 Å². The van der Waals surface area contributed by atoms with E-state index in [4.69, 9.17) is 0 Å². The maximum Gasteiger partial charge on any atom is 0.425 e. The summed E-state index contributed by atoms with van der Waals surface area (Å²) in [5, 5.41) is 3.24. The van der Waals surface area contributed by atoms with E-state index in [9.17, 15) is 9.59 Å². The highest BCUT2D eigenvalue weighted by atomic mass is 32.2. The Morgan fingerprint density at radius 3 is 2.70 bits per heavy atom. The molecule has 2 amide bonds. The van der Waals surface area contributed by atoms with Crippen molar-refractivity contribution in [3.05, 3.63) is 64.1 Å². The number of fused-ring (bicyclic) bond motifs is 1. The number of aryl methyl sites for hydroxylation is 1. The summed E-state index contributed by atoms with van der Waals surface area (Å²) in [5.74, 6) is -0.0566. The number of benzene rings is 1. The smallest absolute Gasteiger partial charge is 0.349 e. The number of allylic oxidation sites excluding steroid dienone is 1. The molecule has 0 bridgehead atoms. The van der Waals surface area contributed by atoms with E-state index < -0.39 is 0 Å². The number of thioether (sulfide) groups is 1. The van der Waals surface area contributed by atoms with Crippen LogP contribution in [0.5, 0.6) is 0 Å². The van der Waals surface area contributed by atoms with Crippen LogP contribution in [0.2, 0.25) is 0 Å². The molecule has 4 nitrogen and oxygen atoms in total. The molecule has 1 aliphatic heterocycles. The number of hydrogen-bond donors (Lipinski definition) is 1.